The van der Waals surface area contributed by atoms with Gasteiger partial charge in [0.05, 0.1) is 13.2 Å². The SMILES string of the molecule is CCCCN(CCO)C(=O)N(CCOC)CC(=O)O. The second-order valence-electron chi connectivity index (χ2n) is 4.15. The highest BCUT2D eigenvalue weighted by Gasteiger charge is 2.21. The average molecular weight is 276 g/mol. The number of carboxylic acid groups (broad SMARTS) is 1. The summed E-state index contributed by atoms with van der Waals surface area (Å²) in [5, 5.41) is 17.8. The summed E-state index contributed by atoms with van der Waals surface area (Å²) in [5.41, 5.74) is 0. The standard InChI is InChI=1S/C12H24N2O5/c1-3-4-5-13(6-8-15)12(18)14(7-9-19-2)10-11(16)17/h15H,3-10H2,1-2H3,(H,16,17). The van der Waals surface area contributed by atoms with Crippen LogP contribution in [0, 0.1) is 0 Å². The molecular weight excluding hydrogens is 252 g/mol. The van der Waals surface area contributed by atoms with Gasteiger partial charge in [-0.1, -0.05) is 13.3 Å². The van der Waals surface area contributed by atoms with Crippen molar-refractivity contribution in [2.24, 2.45) is 0 Å². The maximum atomic E-state index is 12.2. The molecule has 0 aromatic carbocycles. The molecule has 2 N–H and O–H groups in total. The van der Waals surface area contributed by atoms with Crippen molar-refractivity contribution in [3.05, 3.63) is 0 Å². The topological polar surface area (TPSA) is 90.3 Å². The van der Waals surface area contributed by atoms with E-state index in [9.17, 15) is 9.59 Å². The molecule has 0 radical (unpaired) electrons. The van der Waals surface area contributed by atoms with Gasteiger partial charge in [-0.2, -0.15) is 0 Å². The molecule has 0 spiro atoms. The first-order chi connectivity index (χ1) is 9.06. The zero-order valence-corrected chi connectivity index (χ0v) is 11.7. The van der Waals surface area contributed by atoms with Gasteiger partial charge in [-0.3, -0.25) is 4.79 Å². The smallest absolute Gasteiger partial charge is 0.323 e. The average Bonchev–Trinajstić information content (AvgIpc) is 2.38. The molecule has 0 bridgehead atoms. The zero-order valence-electron chi connectivity index (χ0n) is 11.7. The first-order valence-corrected chi connectivity index (χ1v) is 6.42. The van der Waals surface area contributed by atoms with Gasteiger partial charge in [0, 0.05) is 26.7 Å². The number of nitrogens with zero attached hydrogens (tertiary/aromatic N) is 2. The molecule has 112 valence electrons. The molecule has 0 aliphatic heterocycles. The van der Waals surface area contributed by atoms with Crippen molar-refractivity contribution in [2.75, 3.05) is 46.5 Å². The van der Waals surface area contributed by atoms with E-state index in [1.54, 1.807) is 0 Å². The predicted octanol–water partition coefficient (Wildman–Crippen LogP) is 0.234. The molecule has 0 aromatic heterocycles. The summed E-state index contributed by atoms with van der Waals surface area (Å²) in [4.78, 5) is 25.7. The van der Waals surface area contributed by atoms with Crippen molar-refractivity contribution in [3.8, 4) is 0 Å². The van der Waals surface area contributed by atoms with Crippen molar-refractivity contribution < 1.29 is 24.5 Å². The van der Waals surface area contributed by atoms with Gasteiger partial charge in [0.25, 0.3) is 0 Å². The molecule has 0 saturated heterocycles. The molecule has 0 fully saturated rings. The van der Waals surface area contributed by atoms with E-state index >= 15 is 0 Å². The first-order valence-electron chi connectivity index (χ1n) is 6.42. The maximum Gasteiger partial charge on any atom is 0.323 e. The summed E-state index contributed by atoms with van der Waals surface area (Å²) in [7, 11) is 1.49. The highest BCUT2D eigenvalue weighted by Crippen LogP contribution is 2.02. The van der Waals surface area contributed by atoms with Crippen LogP contribution in [0.3, 0.4) is 0 Å². The summed E-state index contributed by atoms with van der Waals surface area (Å²) in [5.74, 6) is -1.07. The normalized spacial score (nSPS) is 10.3. The number of urea groups is 1. The zero-order chi connectivity index (χ0) is 14.7. The maximum absolute atomic E-state index is 12.2. The fourth-order valence-electron chi connectivity index (χ4n) is 1.58. The number of carbonyl (C=O) groups excluding carboxylic acids is 1. The van der Waals surface area contributed by atoms with Crippen LogP contribution in [0.4, 0.5) is 4.79 Å². The van der Waals surface area contributed by atoms with Crippen molar-refractivity contribution in [1.82, 2.24) is 9.80 Å². The molecule has 2 amide bonds. The number of aliphatic carboxylic acids is 1. The van der Waals surface area contributed by atoms with E-state index in [4.69, 9.17) is 14.9 Å². The molecule has 19 heavy (non-hydrogen) atoms. The molecule has 0 aliphatic rings. The van der Waals surface area contributed by atoms with E-state index < -0.39 is 5.97 Å². The minimum Gasteiger partial charge on any atom is -0.480 e. The van der Waals surface area contributed by atoms with Crippen molar-refractivity contribution in [3.63, 3.8) is 0 Å². The van der Waals surface area contributed by atoms with Crippen molar-refractivity contribution in [2.45, 2.75) is 19.8 Å². The van der Waals surface area contributed by atoms with Crippen molar-refractivity contribution >= 4 is 12.0 Å². The van der Waals surface area contributed by atoms with Crippen LogP contribution in [0.2, 0.25) is 0 Å². The number of rotatable bonds is 10. The molecule has 0 saturated carbocycles. The quantitative estimate of drug-likeness (QED) is 0.596. The summed E-state index contributed by atoms with van der Waals surface area (Å²) < 4.78 is 4.87. The largest absolute Gasteiger partial charge is 0.480 e. The van der Waals surface area contributed by atoms with Gasteiger partial charge in [-0.15, -0.1) is 0 Å². The van der Waals surface area contributed by atoms with E-state index in [0.717, 1.165) is 12.8 Å². The number of hydrogen-bond donors (Lipinski definition) is 2. The Labute approximate surface area is 113 Å². The Morgan fingerprint density at radius 3 is 2.32 bits per heavy atom. The van der Waals surface area contributed by atoms with E-state index in [-0.39, 0.29) is 38.9 Å². The molecule has 0 rings (SSSR count). The third kappa shape index (κ3) is 7.63. The lowest BCUT2D eigenvalue weighted by Crippen LogP contribution is -2.47. The Bertz CT molecular complexity index is 273. The van der Waals surface area contributed by atoms with Crippen LogP contribution < -0.4 is 0 Å². The van der Waals surface area contributed by atoms with E-state index in [0.29, 0.717) is 6.54 Å². The molecule has 0 aromatic rings. The molecule has 7 heteroatoms. The Morgan fingerprint density at radius 1 is 1.16 bits per heavy atom. The van der Waals surface area contributed by atoms with Gasteiger partial charge >= 0.3 is 12.0 Å². The van der Waals surface area contributed by atoms with Crippen LogP contribution in [0.15, 0.2) is 0 Å². The van der Waals surface area contributed by atoms with E-state index in [1.807, 2.05) is 6.92 Å². The molecule has 0 heterocycles. The number of unbranched alkanes of at least 4 members (excludes halogenated alkanes) is 1. The number of aliphatic hydroxyl groups excluding tert-OH is 1. The number of carboxylic acids is 1. The lowest BCUT2D eigenvalue weighted by Gasteiger charge is -2.29. The summed E-state index contributed by atoms with van der Waals surface area (Å²) in [6.07, 6.45) is 1.74. The van der Waals surface area contributed by atoms with E-state index in [2.05, 4.69) is 0 Å². The van der Waals surface area contributed by atoms with Crippen LogP contribution in [0.25, 0.3) is 0 Å². The molecular formula is C12H24N2O5. The van der Waals surface area contributed by atoms with Gasteiger partial charge in [0.2, 0.25) is 0 Å². The molecule has 0 atom stereocenters. The predicted molar refractivity (Wildman–Crippen MR) is 70.0 cm³/mol. The number of aliphatic hydroxyl groups is 1. The van der Waals surface area contributed by atoms with Crippen LogP contribution in [0.5, 0.6) is 0 Å². The van der Waals surface area contributed by atoms with E-state index in [1.165, 1.54) is 16.9 Å². The second kappa shape index (κ2) is 10.6. The minimum atomic E-state index is -1.07. The van der Waals surface area contributed by atoms with Crippen LogP contribution >= 0.6 is 0 Å². The van der Waals surface area contributed by atoms with Gasteiger partial charge in [0.1, 0.15) is 6.54 Å². The third-order valence-electron chi connectivity index (χ3n) is 2.58. The van der Waals surface area contributed by atoms with Gasteiger partial charge in [-0.05, 0) is 6.42 Å². The van der Waals surface area contributed by atoms with Gasteiger partial charge < -0.3 is 24.7 Å². The third-order valence-corrected chi connectivity index (χ3v) is 2.58. The van der Waals surface area contributed by atoms with Crippen molar-refractivity contribution in [1.29, 1.82) is 0 Å². The van der Waals surface area contributed by atoms with Gasteiger partial charge in [-0.25, -0.2) is 4.79 Å². The Morgan fingerprint density at radius 2 is 1.84 bits per heavy atom. The summed E-state index contributed by atoms with van der Waals surface area (Å²) >= 11 is 0. The number of methoxy groups -OCH3 is 1. The number of amides is 2. The lowest BCUT2D eigenvalue weighted by molar-refractivity contribution is -0.137. The van der Waals surface area contributed by atoms with Crippen LogP contribution in [-0.4, -0.2) is 78.5 Å². The first kappa shape index (κ1) is 17.7. The van der Waals surface area contributed by atoms with Gasteiger partial charge in [0.15, 0.2) is 0 Å². The summed E-state index contributed by atoms with van der Waals surface area (Å²) in [6.45, 7) is 2.72. The number of carbonyl (C=O) groups is 2. The summed E-state index contributed by atoms with van der Waals surface area (Å²) in [6, 6.07) is -0.373. The molecule has 7 nitrogen and oxygen atoms in total. The fraction of sp³-hybridized carbons (Fsp3) is 0.833. The second-order valence-corrected chi connectivity index (χ2v) is 4.15. The minimum absolute atomic E-state index is 0.138. The fourth-order valence-corrected chi connectivity index (χ4v) is 1.58. The number of hydrogen-bond acceptors (Lipinski definition) is 4. The Kier molecular flexibility index (Phi) is 9.82. The van der Waals surface area contributed by atoms with Crippen LogP contribution in [-0.2, 0) is 9.53 Å². The monoisotopic (exact) mass is 276 g/mol. The van der Waals surface area contributed by atoms with Crippen LogP contribution in [0.1, 0.15) is 19.8 Å². The number of ether oxygens (including phenoxy) is 1. The molecule has 0 aliphatic carbocycles. The molecule has 0 unspecified atom stereocenters. The Hall–Kier alpha value is -1.34. The Balaban J connectivity index is 4.62. The highest BCUT2D eigenvalue weighted by molar-refractivity contribution is 5.80. The lowest BCUT2D eigenvalue weighted by atomic mass is 10.3. The highest BCUT2D eigenvalue weighted by atomic mass is 16.5.